The number of fused-ring (bicyclic) bond motifs is 1. The van der Waals surface area contributed by atoms with Gasteiger partial charge in [0.2, 0.25) is 0 Å². The van der Waals surface area contributed by atoms with Crippen LogP contribution in [0, 0.1) is 0 Å². The van der Waals surface area contributed by atoms with E-state index in [2.05, 4.69) is 15.6 Å². The Hall–Kier alpha value is -1.69. The maximum atomic E-state index is 5.95. The number of nitrogens with one attached hydrogen (secondary N) is 2. The Bertz CT molecular complexity index is 755. The van der Waals surface area contributed by atoms with E-state index in [-0.39, 0.29) is 0 Å². The number of hydrogen-bond donors (Lipinski definition) is 2. The standard InChI is InChI=1S/C14H10ClN3S2/c15-9-6-7-12-11(8-9)17-14(20-12)18-13(19)16-10-4-2-1-3-5-10/h1-8H,(H2,16,17,18,19). The first-order chi connectivity index (χ1) is 9.70. The lowest BCUT2D eigenvalue weighted by Gasteiger charge is -2.07. The van der Waals surface area contributed by atoms with Crippen molar-refractivity contribution >= 4 is 61.3 Å². The van der Waals surface area contributed by atoms with Gasteiger partial charge in [-0.15, -0.1) is 0 Å². The van der Waals surface area contributed by atoms with Gasteiger partial charge in [0.1, 0.15) is 0 Å². The van der Waals surface area contributed by atoms with E-state index in [0.29, 0.717) is 10.1 Å². The van der Waals surface area contributed by atoms with E-state index < -0.39 is 0 Å². The number of para-hydroxylation sites is 1. The number of halogens is 1. The first-order valence-corrected chi connectivity index (χ1v) is 7.50. The molecule has 0 atom stereocenters. The molecule has 6 heteroatoms. The van der Waals surface area contributed by atoms with Gasteiger partial charge in [-0.05, 0) is 42.5 Å². The van der Waals surface area contributed by atoms with E-state index in [4.69, 9.17) is 23.8 Å². The van der Waals surface area contributed by atoms with Crippen molar-refractivity contribution in [1.29, 1.82) is 0 Å². The third-order valence-electron chi connectivity index (χ3n) is 2.60. The van der Waals surface area contributed by atoms with Crippen LogP contribution in [0.3, 0.4) is 0 Å². The van der Waals surface area contributed by atoms with Crippen LogP contribution in [-0.2, 0) is 0 Å². The first-order valence-electron chi connectivity index (χ1n) is 5.90. The maximum Gasteiger partial charge on any atom is 0.190 e. The monoisotopic (exact) mass is 319 g/mol. The summed E-state index contributed by atoms with van der Waals surface area (Å²) < 4.78 is 1.07. The molecule has 3 aromatic rings. The number of rotatable bonds is 2. The van der Waals surface area contributed by atoms with Gasteiger partial charge in [-0.25, -0.2) is 4.98 Å². The zero-order chi connectivity index (χ0) is 13.9. The average molecular weight is 320 g/mol. The summed E-state index contributed by atoms with van der Waals surface area (Å²) in [6, 6.07) is 15.4. The number of benzene rings is 2. The molecule has 0 aliphatic carbocycles. The van der Waals surface area contributed by atoms with Crippen LogP contribution in [0.5, 0.6) is 0 Å². The first kappa shape index (κ1) is 13.3. The molecule has 3 nitrogen and oxygen atoms in total. The van der Waals surface area contributed by atoms with Gasteiger partial charge in [0.05, 0.1) is 10.2 Å². The summed E-state index contributed by atoms with van der Waals surface area (Å²) in [6.45, 7) is 0. The molecule has 3 rings (SSSR count). The van der Waals surface area contributed by atoms with Gasteiger partial charge in [-0.2, -0.15) is 0 Å². The molecule has 0 fully saturated rings. The van der Waals surface area contributed by atoms with Gasteiger partial charge < -0.3 is 10.6 Å². The predicted molar refractivity (Wildman–Crippen MR) is 90.9 cm³/mol. The number of aromatic nitrogens is 1. The highest BCUT2D eigenvalue weighted by Crippen LogP contribution is 2.28. The smallest absolute Gasteiger partial charge is 0.190 e. The average Bonchev–Trinajstić information content (AvgIpc) is 2.80. The fourth-order valence-electron chi connectivity index (χ4n) is 1.73. The van der Waals surface area contributed by atoms with Crippen molar-refractivity contribution in [2.45, 2.75) is 0 Å². The van der Waals surface area contributed by atoms with Gasteiger partial charge in [-0.1, -0.05) is 41.1 Å². The molecule has 0 radical (unpaired) electrons. The minimum atomic E-state index is 0.515. The molecule has 1 aromatic heterocycles. The molecule has 0 spiro atoms. The highest BCUT2D eigenvalue weighted by molar-refractivity contribution is 7.80. The molecule has 0 saturated carbocycles. The zero-order valence-electron chi connectivity index (χ0n) is 10.3. The fourth-order valence-corrected chi connectivity index (χ4v) is 3.03. The molecular weight excluding hydrogens is 310 g/mol. The van der Waals surface area contributed by atoms with Gasteiger partial charge in [0.15, 0.2) is 10.2 Å². The van der Waals surface area contributed by atoms with Crippen LogP contribution in [0.1, 0.15) is 0 Å². The van der Waals surface area contributed by atoms with Crippen molar-refractivity contribution in [2.24, 2.45) is 0 Å². The summed E-state index contributed by atoms with van der Waals surface area (Å²) in [4.78, 5) is 4.45. The molecule has 0 bridgehead atoms. The van der Waals surface area contributed by atoms with Crippen molar-refractivity contribution < 1.29 is 0 Å². The van der Waals surface area contributed by atoms with Crippen molar-refractivity contribution in [3.8, 4) is 0 Å². The second-order valence-electron chi connectivity index (χ2n) is 4.08. The van der Waals surface area contributed by atoms with Crippen LogP contribution in [0.2, 0.25) is 5.02 Å². The van der Waals surface area contributed by atoms with Crippen molar-refractivity contribution in [3.05, 3.63) is 53.6 Å². The highest BCUT2D eigenvalue weighted by Gasteiger charge is 2.06. The third kappa shape index (κ3) is 3.07. The van der Waals surface area contributed by atoms with Gasteiger partial charge in [-0.3, -0.25) is 0 Å². The van der Waals surface area contributed by atoms with Crippen LogP contribution in [0.25, 0.3) is 10.2 Å². The number of hydrogen-bond acceptors (Lipinski definition) is 3. The fraction of sp³-hybridized carbons (Fsp3) is 0. The summed E-state index contributed by atoms with van der Waals surface area (Å²) in [5, 5.41) is 8.13. The van der Waals surface area contributed by atoms with Gasteiger partial charge >= 0.3 is 0 Å². The number of thiazole rings is 1. The molecule has 0 saturated heterocycles. The Labute approximate surface area is 130 Å². The lowest BCUT2D eigenvalue weighted by atomic mass is 10.3. The second kappa shape index (κ2) is 5.75. The van der Waals surface area contributed by atoms with Crippen LogP contribution in [0.4, 0.5) is 10.8 Å². The van der Waals surface area contributed by atoms with E-state index in [9.17, 15) is 0 Å². The SMILES string of the molecule is S=C(Nc1ccccc1)Nc1nc2cc(Cl)ccc2s1. The summed E-state index contributed by atoms with van der Waals surface area (Å²) in [5.74, 6) is 0. The predicted octanol–water partition coefficient (Wildman–Crippen LogP) is 4.76. The van der Waals surface area contributed by atoms with Crippen molar-refractivity contribution in [2.75, 3.05) is 10.6 Å². The molecular formula is C14H10ClN3S2. The van der Waals surface area contributed by atoms with E-state index in [1.54, 1.807) is 0 Å². The lowest BCUT2D eigenvalue weighted by Crippen LogP contribution is -2.18. The van der Waals surface area contributed by atoms with Gasteiger partial charge in [0, 0.05) is 10.7 Å². The molecule has 0 aliphatic rings. The van der Waals surface area contributed by atoms with Crippen LogP contribution in [-0.4, -0.2) is 10.1 Å². The number of thiocarbonyl (C=S) groups is 1. The summed E-state index contributed by atoms with van der Waals surface area (Å²) >= 11 is 12.8. The molecule has 20 heavy (non-hydrogen) atoms. The van der Waals surface area contributed by atoms with Crippen LogP contribution < -0.4 is 10.6 Å². The van der Waals surface area contributed by atoms with Crippen molar-refractivity contribution in [3.63, 3.8) is 0 Å². The normalized spacial score (nSPS) is 10.4. The van der Waals surface area contributed by atoms with Crippen molar-refractivity contribution in [1.82, 2.24) is 4.98 Å². The molecule has 0 aliphatic heterocycles. The van der Waals surface area contributed by atoms with E-state index >= 15 is 0 Å². The Morgan fingerprint density at radius 1 is 1.10 bits per heavy atom. The molecule has 1 heterocycles. The maximum absolute atomic E-state index is 5.95. The quantitative estimate of drug-likeness (QED) is 0.668. The Morgan fingerprint density at radius 3 is 2.70 bits per heavy atom. The van der Waals surface area contributed by atoms with Gasteiger partial charge in [0.25, 0.3) is 0 Å². The molecule has 0 unspecified atom stereocenters. The Balaban J connectivity index is 1.74. The summed E-state index contributed by atoms with van der Waals surface area (Å²) in [5.41, 5.74) is 1.81. The van der Waals surface area contributed by atoms with Crippen LogP contribution in [0.15, 0.2) is 48.5 Å². The Kier molecular flexibility index (Phi) is 3.82. The van der Waals surface area contributed by atoms with E-state index in [1.165, 1.54) is 11.3 Å². The topological polar surface area (TPSA) is 37.0 Å². The molecule has 100 valence electrons. The minimum absolute atomic E-state index is 0.515. The number of nitrogens with zero attached hydrogens (tertiary/aromatic N) is 1. The number of anilines is 2. The highest BCUT2D eigenvalue weighted by atomic mass is 35.5. The Morgan fingerprint density at radius 2 is 1.90 bits per heavy atom. The largest absolute Gasteiger partial charge is 0.332 e. The lowest BCUT2D eigenvalue weighted by molar-refractivity contribution is 1.47. The third-order valence-corrected chi connectivity index (χ3v) is 3.99. The summed E-state index contributed by atoms with van der Waals surface area (Å²) in [6.07, 6.45) is 0. The van der Waals surface area contributed by atoms with E-state index in [0.717, 1.165) is 21.0 Å². The minimum Gasteiger partial charge on any atom is -0.332 e. The molecule has 0 amide bonds. The summed E-state index contributed by atoms with van der Waals surface area (Å²) in [7, 11) is 0. The van der Waals surface area contributed by atoms with E-state index in [1.807, 2.05) is 48.5 Å². The molecule has 2 N–H and O–H groups in total. The second-order valence-corrected chi connectivity index (χ2v) is 5.95. The van der Waals surface area contributed by atoms with Crippen LogP contribution >= 0.6 is 35.2 Å². The zero-order valence-corrected chi connectivity index (χ0v) is 12.6. The molecule has 2 aromatic carbocycles.